The Bertz CT molecular complexity index is 3730. The maximum atomic E-state index is 3.90. The summed E-state index contributed by atoms with van der Waals surface area (Å²) in [5.74, 6) is 7.47. The van der Waals surface area contributed by atoms with Crippen LogP contribution >= 0.6 is 0 Å². The molecule has 0 N–H and O–H groups in total. The van der Waals surface area contributed by atoms with Crippen LogP contribution in [0.25, 0.3) is 50.1 Å². The van der Waals surface area contributed by atoms with Crippen LogP contribution in [0.15, 0.2) is 218 Å². The average Bonchev–Trinajstić information content (AvgIpc) is 4.12. The van der Waals surface area contributed by atoms with Crippen molar-refractivity contribution in [2.45, 2.75) is 50.4 Å². The topological polar surface area (TPSA) is 3.24 Å². The molecule has 0 bridgehead atoms. The van der Waals surface area contributed by atoms with Gasteiger partial charge in [0, 0.05) is 28.9 Å². The van der Waals surface area contributed by atoms with E-state index in [1.54, 1.807) is 0 Å². The van der Waals surface area contributed by atoms with Crippen molar-refractivity contribution in [2.24, 2.45) is 5.92 Å². The molecule has 0 heterocycles. The largest absolute Gasteiger partial charge is 0.310 e. The lowest BCUT2D eigenvalue weighted by molar-refractivity contribution is 0.589. The van der Waals surface area contributed by atoms with E-state index in [1.807, 2.05) is 13.8 Å². The number of allylic oxidation sites excluding steroid dienone is 4. The molecule has 15 rings (SSSR count). The molecule has 1 nitrogen and oxygen atoms in total. The number of anilines is 3. The fourth-order valence-electron chi connectivity index (χ4n) is 14.0. The summed E-state index contributed by atoms with van der Waals surface area (Å²) in [6.45, 7) is 8.78. The molecule has 1 heteroatoms. The van der Waals surface area contributed by atoms with Gasteiger partial charge in [0.25, 0.3) is 0 Å². The lowest BCUT2D eigenvalue weighted by Gasteiger charge is -2.35. The van der Waals surface area contributed by atoms with Crippen LogP contribution in [-0.2, 0) is 16.2 Å². The summed E-state index contributed by atoms with van der Waals surface area (Å²) in [6.07, 6.45) is 7.52. The molecule has 0 saturated carbocycles. The van der Waals surface area contributed by atoms with Gasteiger partial charge in [-0.1, -0.05) is 222 Å². The number of hydrogen-bond acceptors (Lipinski definition) is 1. The van der Waals surface area contributed by atoms with Gasteiger partial charge in [0.1, 0.15) is 0 Å². The van der Waals surface area contributed by atoms with E-state index < -0.39 is 10.8 Å². The molecule has 70 heavy (non-hydrogen) atoms. The molecular formula is C69H51N. The zero-order valence-corrected chi connectivity index (χ0v) is 40.0. The van der Waals surface area contributed by atoms with Gasteiger partial charge in [-0.15, -0.1) is 0 Å². The SMILES string of the molecule is CC.CC1(C)c2ccccc2-c2ccc(N(c3ccc4c(c3)C3(c5ccccc5-c5ccccc53)c3ccccc3-4)c3ccc4c(c3)C3(c5ccccc5-c5ccccc53)C3C#CC/C=C\C=C\43)cc21. The van der Waals surface area contributed by atoms with Crippen LogP contribution in [0.1, 0.15) is 89.8 Å². The van der Waals surface area contributed by atoms with Crippen molar-refractivity contribution in [3.63, 3.8) is 0 Å². The fourth-order valence-corrected chi connectivity index (χ4v) is 14.0. The predicted octanol–water partition coefficient (Wildman–Crippen LogP) is 17.1. The summed E-state index contributed by atoms with van der Waals surface area (Å²) in [6, 6.07) is 76.5. The minimum Gasteiger partial charge on any atom is -0.310 e. The maximum absolute atomic E-state index is 3.90. The first kappa shape index (κ1) is 40.8. The second-order valence-corrected chi connectivity index (χ2v) is 20.0. The summed E-state index contributed by atoms with van der Waals surface area (Å²) < 4.78 is 0. The van der Waals surface area contributed by atoms with E-state index in [2.05, 4.69) is 249 Å². The minimum atomic E-state index is -0.489. The Kier molecular flexibility index (Phi) is 8.70. The van der Waals surface area contributed by atoms with Crippen LogP contribution in [0, 0.1) is 17.8 Å². The van der Waals surface area contributed by atoms with Gasteiger partial charge < -0.3 is 4.90 Å². The smallest absolute Gasteiger partial charge is 0.0726 e. The maximum Gasteiger partial charge on any atom is 0.0726 e. The average molecular weight is 894 g/mol. The highest BCUT2D eigenvalue weighted by atomic mass is 15.1. The van der Waals surface area contributed by atoms with Crippen LogP contribution in [0.4, 0.5) is 17.1 Å². The van der Waals surface area contributed by atoms with Crippen molar-refractivity contribution < 1.29 is 0 Å². The molecule has 0 fully saturated rings. The quantitative estimate of drug-likeness (QED) is 0.160. The lowest BCUT2D eigenvalue weighted by atomic mass is 9.67. The Morgan fingerprint density at radius 3 is 1.31 bits per heavy atom. The molecule has 6 aliphatic rings. The molecule has 0 aliphatic heterocycles. The van der Waals surface area contributed by atoms with E-state index in [1.165, 1.54) is 106 Å². The highest BCUT2D eigenvalue weighted by Crippen LogP contribution is 2.66. The number of hydrogen-bond donors (Lipinski definition) is 0. The van der Waals surface area contributed by atoms with E-state index in [4.69, 9.17) is 0 Å². The number of nitrogens with zero attached hydrogens (tertiary/aromatic N) is 1. The van der Waals surface area contributed by atoms with E-state index in [0.717, 1.165) is 23.5 Å². The van der Waals surface area contributed by atoms with Crippen LogP contribution in [0.5, 0.6) is 0 Å². The summed E-state index contributed by atoms with van der Waals surface area (Å²) >= 11 is 0. The van der Waals surface area contributed by atoms with Crippen molar-refractivity contribution in [3.8, 4) is 56.3 Å². The molecule has 1 unspecified atom stereocenters. The number of rotatable bonds is 3. The Morgan fingerprint density at radius 1 is 0.400 bits per heavy atom. The summed E-state index contributed by atoms with van der Waals surface area (Å²) in [5.41, 5.74) is 27.5. The second kappa shape index (κ2) is 14.9. The Labute approximate surface area is 412 Å². The first-order valence-electron chi connectivity index (χ1n) is 25.2. The molecule has 0 saturated heterocycles. The van der Waals surface area contributed by atoms with Gasteiger partial charge in [-0.05, 0) is 142 Å². The molecule has 6 aliphatic carbocycles. The zero-order valence-electron chi connectivity index (χ0n) is 40.0. The molecular weight excluding hydrogens is 843 g/mol. The Hall–Kier alpha value is -8.18. The summed E-state index contributed by atoms with van der Waals surface area (Å²) in [4.78, 5) is 2.56. The predicted molar refractivity (Wildman–Crippen MR) is 291 cm³/mol. The van der Waals surface area contributed by atoms with Crippen molar-refractivity contribution in [2.75, 3.05) is 4.90 Å². The lowest BCUT2D eigenvalue weighted by Crippen LogP contribution is -2.31. The van der Waals surface area contributed by atoms with E-state index in [0.29, 0.717) is 0 Å². The fraction of sp³-hybridized carbons (Fsp3) is 0.130. The Morgan fingerprint density at radius 2 is 0.786 bits per heavy atom. The van der Waals surface area contributed by atoms with E-state index in [-0.39, 0.29) is 11.3 Å². The Balaban J connectivity index is 0.00000227. The van der Waals surface area contributed by atoms with Gasteiger partial charge >= 0.3 is 0 Å². The van der Waals surface area contributed by atoms with Crippen LogP contribution in [0.3, 0.4) is 0 Å². The number of benzene rings is 9. The molecule has 0 aromatic heterocycles. The van der Waals surface area contributed by atoms with Gasteiger partial charge in [0.05, 0.1) is 16.7 Å². The van der Waals surface area contributed by atoms with Gasteiger partial charge in [-0.25, -0.2) is 0 Å². The number of fused-ring (bicyclic) bond motifs is 23. The molecule has 1 atom stereocenters. The van der Waals surface area contributed by atoms with Crippen molar-refractivity contribution in [1.82, 2.24) is 0 Å². The van der Waals surface area contributed by atoms with Crippen molar-refractivity contribution in [1.29, 1.82) is 0 Å². The monoisotopic (exact) mass is 893 g/mol. The highest BCUT2D eigenvalue weighted by molar-refractivity contribution is 5.98. The third-order valence-corrected chi connectivity index (χ3v) is 16.7. The van der Waals surface area contributed by atoms with Crippen LogP contribution in [-0.4, -0.2) is 0 Å². The van der Waals surface area contributed by atoms with E-state index >= 15 is 0 Å². The summed E-state index contributed by atoms with van der Waals surface area (Å²) in [5, 5.41) is 0. The van der Waals surface area contributed by atoms with Crippen molar-refractivity contribution >= 4 is 22.6 Å². The highest BCUT2D eigenvalue weighted by Gasteiger charge is 2.57. The first-order valence-corrected chi connectivity index (χ1v) is 25.2. The van der Waals surface area contributed by atoms with E-state index in [9.17, 15) is 0 Å². The second-order valence-electron chi connectivity index (χ2n) is 20.0. The van der Waals surface area contributed by atoms with Crippen LogP contribution < -0.4 is 4.90 Å². The minimum absolute atomic E-state index is 0.0453. The molecule has 2 spiro atoms. The zero-order chi connectivity index (χ0) is 46.9. The molecule has 9 aromatic rings. The molecule has 0 radical (unpaired) electrons. The van der Waals surface area contributed by atoms with Gasteiger partial charge in [0.15, 0.2) is 0 Å². The van der Waals surface area contributed by atoms with Gasteiger partial charge in [-0.3, -0.25) is 0 Å². The summed E-state index contributed by atoms with van der Waals surface area (Å²) in [7, 11) is 0. The molecule has 0 amide bonds. The van der Waals surface area contributed by atoms with Crippen molar-refractivity contribution in [3.05, 3.63) is 274 Å². The third kappa shape index (κ3) is 5.08. The van der Waals surface area contributed by atoms with Crippen LogP contribution in [0.2, 0.25) is 0 Å². The van der Waals surface area contributed by atoms with Gasteiger partial charge in [-0.2, -0.15) is 0 Å². The normalized spacial score (nSPS) is 18.2. The van der Waals surface area contributed by atoms with Gasteiger partial charge in [0.2, 0.25) is 0 Å². The first-order chi connectivity index (χ1) is 34.5. The third-order valence-electron chi connectivity index (χ3n) is 16.7. The molecule has 332 valence electrons. The standard InChI is InChI=1S/C67H45N.C2H6/c1-65(2)55-26-13-7-20-45(55)52-36-33-42(39-62(52)65)68(44-35-38-54-51-25-12-18-32-61(51)67(64(54)41-44)59-30-16-10-23-48(59)49-24-11-17-31-60(49)67)43-34-37-53-50-19-5-3-4-6-27-56(50)66(63(53)40-43)57-28-14-8-21-46(57)47-22-9-15-29-58(47)66;1-2/h3,5,7-26,28-41,56H,4H2,1-2H3;1-2H3/b5-3-,50-19-;. The molecule has 9 aromatic carbocycles.